The number of rotatable bonds is 9. The third-order valence-electron chi connectivity index (χ3n) is 4.47. The monoisotopic (exact) mass is 411 g/mol. The van der Waals surface area contributed by atoms with Gasteiger partial charge in [0.05, 0.1) is 30.9 Å². The first-order valence-electron chi connectivity index (χ1n) is 9.00. The van der Waals surface area contributed by atoms with Gasteiger partial charge in [-0.1, -0.05) is 11.8 Å². The Labute approximate surface area is 166 Å². The molecule has 1 N–H and O–H groups in total. The lowest BCUT2D eigenvalue weighted by Crippen LogP contribution is -2.36. The first-order chi connectivity index (χ1) is 13.0. The van der Waals surface area contributed by atoms with Crippen LogP contribution in [0.25, 0.3) is 10.2 Å². The van der Waals surface area contributed by atoms with Gasteiger partial charge in [-0.15, -0.1) is 11.3 Å². The summed E-state index contributed by atoms with van der Waals surface area (Å²) >= 11 is 2.90. The van der Waals surface area contributed by atoms with E-state index in [1.807, 2.05) is 6.92 Å². The van der Waals surface area contributed by atoms with Crippen LogP contribution in [0.5, 0.6) is 0 Å². The highest BCUT2D eigenvalue weighted by molar-refractivity contribution is 7.99. The maximum absolute atomic E-state index is 13.1. The third kappa shape index (κ3) is 4.53. The average molecular weight is 412 g/mol. The van der Waals surface area contributed by atoms with E-state index in [0.717, 1.165) is 29.5 Å². The van der Waals surface area contributed by atoms with Crippen molar-refractivity contribution in [3.05, 3.63) is 20.8 Å². The zero-order valence-corrected chi connectivity index (χ0v) is 17.5. The standard InChI is InChI=1S/C18H25N3O4S2/c1-11(9-25-3)19-14(22)10-26-18-20-16-15(12-5-4-6-13(12)27-16)17(23)21(18)7-8-24-2/h11H,4-10H2,1-3H3,(H,19,22)/t11-/m0/s1. The quantitative estimate of drug-likeness (QED) is 0.501. The number of carbonyl (C=O) groups is 1. The van der Waals surface area contributed by atoms with Crippen molar-refractivity contribution < 1.29 is 14.3 Å². The highest BCUT2D eigenvalue weighted by Crippen LogP contribution is 2.35. The third-order valence-corrected chi connectivity index (χ3v) is 6.63. The first-order valence-corrected chi connectivity index (χ1v) is 10.8. The van der Waals surface area contributed by atoms with Crippen LogP contribution in [0.3, 0.4) is 0 Å². The van der Waals surface area contributed by atoms with Crippen LogP contribution in [-0.2, 0) is 33.7 Å². The van der Waals surface area contributed by atoms with Crippen LogP contribution in [0.4, 0.5) is 0 Å². The lowest BCUT2D eigenvalue weighted by Gasteiger charge is -2.14. The number of aryl methyl sites for hydroxylation is 2. The van der Waals surface area contributed by atoms with E-state index in [-0.39, 0.29) is 23.3 Å². The number of nitrogens with one attached hydrogen (secondary N) is 1. The van der Waals surface area contributed by atoms with Crippen molar-refractivity contribution in [3.8, 4) is 0 Å². The van der Waals surface area contributed by atoms with Crippen LogP contribution in [-0.4, -0.2) is 54.7 Å². The summed E-state index contributed by atoms with van der Waals surface area (Å²) in [6, 6.07) is -0.0607. The Bertz CT molecular complexity index is 878. The van der Waals surface area contributed by atoms with Crippen molar-refractivity contribution in [2.75, 3.05) is 33.2 Å². The molecule has 9 heteroatoms. The van der Waals surface area contributed by atoms with Crippen molar-refractivity contribution in [1.29, 1.82) is 0 Å². The molecule has 0 aliphatic heterocycles. The second kappa shape index (κ2) is 9.18. The Morgan fingerprint density at radius 3 is 2.93 bits per heavy atom. The van der Waals surface area contributed by atoms with E-state index in [1.165, 1.54) is 22.2 Å². The highest BCUT2D eigenvalue weighted by Gasteiger charge is 2.23. The summed E-state index contributed by atoms with van der Waals surface area (Å²) in [5, 5.41) is 4.20. The molecule has 2 aromatic heterocycles. The molecule has 1 aliphatic rings. The van der Waals surface area contributed by atoms with E-state index in [2.05, 4.69) is 5.32 Å². The van der Waals surface area contributed by atoms with Crippen LogP contribution in [0.1, 0.15) is 23.8 Å². The minimum Gasteiger partial charge on any atom is -0.383 e. The van der Waals surface area contributed by atoms with E-state index >= 15 is 0 Å². The number of thiophene rings is 1. The maximum Gasteiger partial charge on any atom is 0.263 e. The van der Waals surface area contributed by atoms with Gasteiger partial charge in [0.15, 0.2) is 5.16 Å². The van der Waals surface area contributed by atoms with Crippen molar-refractivity contribution in [2.45, 2.75) is 43.9 Å². The highest BCUT2D eigenvalue weighted by atomic mass is 32.2. The number of thioether (sulfide) groups is 1. The molecule has 0 saturated heterocycles. The summed E-state index contributed by atoms with van der Waals surface area (Å²) in [7, 11) is 3.21. The van der Waals surface area contributed by atoms with Gasteiger partial charge in [-0.2, -0.15) is 0 Å². The second-order valence-corrected chi connectivity index (χ2v) is 8.62. The molecule has 0 fully saturated rings. The Balaban J connectivity index is 1.85. The van der Waals surface area contributed by atoms with Crippen LogP contribution in [0.2, 0.25) is 0 Å². The van der Waals surface area contributed by atoms with Gasteiger partial charge in [-0.05, 0) is 31.7 Å². The van der Waals surface area contributed by atoms with E-state index in [1.54, 1.807) is 30.1 Å². The molecule has 0 aromatic carbocycles. The van der Waals surface area contributed by atoms with Crippen molar-refractivity contribution in [1.82, 2.24) is 14.9 Å². The molecule has 0 unspecified atom stereocenters. The Morgan fingerprint density at radius 2 is 2.19 bits per heavy atom. The molecular weight excluding hydrogens is 386 g/mol. The van der Waals surface area contributed by atoms with Gasteiger partial charge in [0.25, 0.3) is 5.56 Å². The minimum absolute atomic E-state index is 0.0212. The largest absolute Gasteiger partial charge is 0.383 e. The van der Waals surface area contributed by atoms with Crippen LogP contribution < -0.4 is 10.9 Å². The summed E-state index contributed by atoms with van der Waals surface area (Å²) in [6.07, 6.45) is 3.07. The fourth-order valence-electron chi connectivity index (χ4n) is 3.29. The molecule has 3 rings (SSSR count). The molecule has 1 amide bonds. The molecule has 7 nitrogen and oxygen atoms in total. The van der Waals surface area contributed by atoms with Gasteiger partial charge in [-0.25, -0.2) is 4.98 Å². The molecule has 0 bridgehead atoms. The fraction of sp³-hybridized carbons (Fsp3) is 0.611. The predicted octanol–water partition coefficient (Wildman–Crippen LogP) is 1.84. The van der Waals surface area contributed by atoms with E-state index in [0.29, 0.717) is 24.9 Å². The van der Waals surface area contributed by atoms with Crippen molar-refractivity contribution in [2.24, 2.45) is 0 Å². The number of amides is 1. The number of hydrogen-bond donors (Lipinski definition) is 1. The zero-order valence-electron chi connectivity index (χ0n) is 15.9. The van der Waals surface area contributed by atoms with Gasteiger partial charge < -0.3 is 14.8 Å². The number of hydrogen-bond acceptors (Lipinski definition) is 7. The number of carbonyl (C=O) groups excluding carboxylic acids is 1. The van der Waals surface area contributed by atoms with Gasteiger partial charge in [-0.3, -0.25) is 14.2 Å². The summed E-state index contributed by atoms with van der Waals surface area (Å²) in [6.45, 7) is 3.19. The van der Waals surface area contributed by atoms with Crippen molar-refractivity contribution in [3.63, 3.8) is 0 Å². The van der Waals surface area contributed by atoms with Gasteiger partial charge in [0.2, 0.25) is 5.91 Å². The summed E-state index contributed by atoms with van der Waals surface area (Å²) in [5.74, 6) is 0.0928. The second-order valence-electron chi connectivity index (χ2n) is 6.59. The molecule has 148 valence electrons. The molecule has 2 aromatic rings. The van der Waals surface area contributed by atoms with Crippen LogP contribution in [0, 0.1) is 0 Å². The lowest BCUT2D eigenvalue weighted by atomic mass is 10.2. The number of aromatic nitrogens is 2. The predicted molar refractivity (Wildman–Crippen MR) is 108 cm³/mol. The molecule has 27 heavy (non-hydrogen) atoms. The van der Waals surface area contributed by atoms with Gasteiger partial charge >= 0.3 is 0 Å². The summed E-state index contributed by atoms with van der Waals surface area (Å²) < 4.78 is 11.8. The smallest absolute Gasteiger partial charge is 0.263 e. The molecule has 0 saturated carbocycles. The number of fused-ring (bicyclic) bond motifs is 3. The molecule has 0 radical (unpaired) electrons. The molecule has 1 aliphatic carbocycles. The molecular formula is C18H25N3O4S2. The maximum atomic E-state index is 13.1. The lowest BCUT2D eigenvalue weighted by molar-refractivity contribution is -0.119. The first kappa shape index (κ1) is 20.3. The van der Waals surface area contributed by atoms with Gasteiger partial charge in [0, 0.05) is 25.1 Å². The Hall–Kier alpha value is -1.42. The topological polar surface area (TPSA) is 82.4 Å². The number of nitrogens with zero attached hydrogens (tertiary/aromatic N) is 2. The average Bonchev–Trinajstić information content (AvgIpc) is 3.20. The van der Waals surface area contributed by atoms with E-state index < -0.39 is 0 Å². The SMILES string of the molecule is COCCn1c(SCC(=O)N[C@@H](C)COC)nc2sc3c(c2c1=O)CCC3. The minimum atomic E-state index is -0.106. The number of ether oxygens (including phenoxy) is 2. The molecule has 2 heterocycles. The Morgan fingerprint density at radius 1 is 1.37 bits per heavy atom. The fourth-order valence-corrected chi connectivity index (χ4v) is 5.43. The van der Waals surface area contributed by atoms with E-state index in [9.17, 15) is 9.59 Å². The van der Waals surface area contributed by atoms with Crippen molar-refractivity contribution >= 4 is 39.2 Å². The Kier molecular flexibility index (Phi) is 6.91. The van der Waals surface area contributed by atoms with Crippen LogP contribution >= 0.6 is 23.1 Å². The molecule has 1 atom stereocenters. The normalized spacial score (nSPS) is 14.5. The summed E-state index contributed by atoms with van der Waals surface area (Å²) in [4.78, 5) is 32.1. The number of methoxy groups -OCH3 is 2. The molecule has 0 spiro atoms. The summed E-state index contributed by atoms with van der Waals surface area (Å²) in [5.41, 5.74) is 1.15. The van der Waals surface area contributed by atoms with E-state index in [4.69, 9.17) is 14.5 Å². The van der Waals surface area contributed by atoms with Gasteiger partial charge in [0.1, 0.15) is 4.83 Å². The zero-order chi connectivity index (χ0) is 19.4. The van der Waals surface area contributed by atoms with Crippen LogP contribution in [0.15, 0.2) is 9.95 Å².